The first kappa shape index (κ1) is 18.7. The molecule has 3 rings (SSSR count). The summed E-state index contributed by atoms with van der Waals surface area (Å²) in [6, 6.07) is 1.93. The van der Waals surface area contributed by atoms with Crippen LogP contribution < -0.4 is 10.6 Å². The largest absolute Gasteiger partial charge is 0.365 e. The lowest BCUT2D eigenvalue weighted by atomic mass is 10.2. The number of aromatic amines is 1. The number of hydrogen-bond acceptors (Lipinski definition) is 6. The van der Waals surface area contributed by atoms with E-state index < -0.39 is 0 Å². The second-order valence-corrected chi connectivity index (χ2v) is 7.58. The Morgan fingerprint density at radius 1 is 1.35 bits per heavy atom. The molecule has 2 aromatic heterocycles. The number of nitrogens with one attached hydrogen (secondary N) is 3. The summed E-state index contributed by atoms with van der Waals surface area (Å²) in [5.41, 5.74) is 2.88. The Labute approximate surface area is 158 Å². The van der Waals surface area contributed by atoms with Crippen molar-refractivity contribution in [1.82, 2.24) is 25.2 Å². The highest BCUT2D eigenvalue weighted by atomic mass is 32.2. The summed E-state index contributed by atoms with van der Waals surface area (Å²) in [4.78, 5) is 26.2. The zero-order valence-corrected chi connectivity index (χ0v) is 16.1. The smallest absolute Gasteiger partial charge is 0.237 e. The van der Waals surface area contributed by atoms with E-state index in [2.05, 4.69) is 30.5 Å². The van der Waals surface area contributed by atoms with Crippen LogP contribution in [0.25, 0.3) is 11.0 Å². The second-order valence-electron chi connectivity index (χ2n) is 6.36. The molecule has 1 atom stereocenters. The van der Waals surface area contributed by atoms with Gasteiger partial charge in [0.25, 0.3) is 0 Å². The zero-order valence-electron chi connectivity index (χ0n) is 15.3. The van der Waals surface area contributed by atoms with Crippen LogP contribution in [0.1, 0.15) is 12.6 Å². The van der Waals surface area contributed by atoms with Crippen molar-refractivity contribution in [1.29, 1.82) is 0 Å². The lowest BCUT2D eigenvalue weighted by molar-refractivity contribution is -0.125. The SMILES string of the molecule is Cc1cc2ncnc(NC/C=C/CNC(=O)C(C)N3CCSCC3)c2[nH]1. The number of thioether (sulfide) groups is 1. The van der Waals surface area contributed by atoms with Crippen LogP contribution in [-0.2, 0) is 4.79 Å². The maximum atomic E-state index is 12.2. The van der Waals surface area contributed by atoms with Gasteiger partial charge in [0, 0.05) is 43.4 Å². The molecule has 26 heavy (non-hydrogen) atoms. The number of H-pyrrole nitrogens is 1. The van der Waals surface area contributed by atoms with E-state index in [0.717, 1.165) is 47.1 Å². The predicted molar refractivity (Wildman–Crippen MR) is 108 cm³/mol. The van der Waals surface area contributed by atoms with E-state index in [-0.39, 0.29) is 11.9 Å². The molecule has 7 nitrogen and oxygen atoms in total. The fourth-order valence-electron chi connectivity index (χ4n) is 2.96. The van der Waals surface area contributed by atoms with Crippen molar-refractivity contribution in [3.63, 3.8) is 0 Å². The van der Waals surface area contributed by atoms with Crippen LogP contribution >= 0.6 is 11.8 Å². The summed E-state index contributed by atoms with van der Waals surface area (Å²) in [6.45, 7) is 7.13. The summed E-state index contributed by atoms with van der Waals surface area (Å²) in [6.07, 6.45) is 5.51. The van der Waals surface area contributed by atoms with Crippen LogP contribution in [0.15, 0.2) is 24.5 Å². The first-order valence-corrected chi connectivity index (χ1v) is 10.1. The zero-order chi connectivity index (χ0) is 18.4. The number of amides is 1. The number of aryl methyl sites for hydroxylation is 1. The molecule has 1 unspecified atom stereocenters. The monoisotopic (exact) mass is 374 g/mol. The maximum Gasteiger partial charge on any atom is 0.237 e. The van der Waals surface area contributed by atoms with Crippen molar-refractivity contribution < 1.29 is 4.79 Å². The van der Waals surface area contributed by atoms with E-state index in [0.29, 0.717) is 13.1 Å². The van der Waals surface area contributed by atoms with Gasteiger partial charge in [-0.1, -0.05) is 12.2 Å². The molecule has 0 aromatic carbocycles. The lowest BCUT2D eigenvalue weighted by Gasteiger charge is -2.30. The van der Waals surface area contributed by atoms with Crippen LogP contribution in [0.2, 0.25) is 0 Å². The highest BCUT2D eigenvalue weighted by Gasteiger charge is 2.22. The quantitative estimate of drug-likeness (QED) is 0.641. The van der Waals surface area contributed by atoms with E-state index in [1.54, 1.807) is 6.33 Å². The number of rotatable bonds is 7. The molecule has 3 heterocycles. The third-order valence-corrected chi connectivity index (χ3v) is 5.42. The molecule has 0 saturated carbocycles. The second kappa shape index (κ2) is 9.05. The van der Waals surface area contributed by atoms with Gasteiger partial charge in [-0.25, -0.2) is 9.97 Å². The van der Waals surface area contributed by atoms with Gasteiger partial charge in [0.2, 0.25) is 5.91 Å². The third-order valence-electron chi connectivity index (χ3n) is 4.47. The molecule has 0 bridgehead atoms. The number of nitrogens with zero attached hydrogens (tertiary/aromatic N) is 3. The van der Waals surface area contributed by atoms with E-state index in [4.69, 9.17) is 0 Å². The van der Waals surface area contributed by atoms with Crippen molar-refractivity contribution in [3.05, 3.63) is 30.2 Å². The molecule has 3 N–H and O–H groups in total. The molecule has 2 aromatic rings. The summed E-state index contributed by atoms with van der Waals surface area (Å²) >= 11 is 1.95. The lowest BCUT2D eigenvalue weighted by Crippen LogP contribution is -2.48. The average Bonchev–Trinajstić information content (AvgIpc) is 3.05. The molecule has 140 valence electrons. The normalized spacial score (nSPS) is 16.8. The Morgan fingerprint density at radius 3 is 2.92 bits per heavy atom. The highest BCUT2D eigenvalue weighted by Crippen LogP contribution is 2.18. The van der Waals surface area contributed by atoms with Crippen LogP contribution in [0.5, 0.6) is 0 Å². The number of anilines is 1. The maximum absolute atomic E-state index is 12.2. The number of hydrogen-bond donors (Lipinski definition) is 3. The molecule has 1 fully saturated rings. The molecule has 0 aliphatic carbocycles. The molecule has 1 amide bonds. The van der Waals surface area contributed by atoms with Crippen molar-refractivity contribution in [2.45, 2.75) is 19.9 Å². The van der Waals surface area contributed by atoms with E-state index in [9.17, 15) is 4.79 Å². The molecule has 8 heteroatoms. The van der Waals surface area contributed by atoms with Crippen LogP contribution in [-0.4, -0.2) is 69.5 Å². The first-order chi connectivity index (χ1) is 12.6. The van der Waals surface area contributed by atoms with Crippen molar-refractivity contribution in [2.75, 3.05) is 43.0 Å². The van der Waals surface area contributed by atoms with Crippen LogP contribution in [0.3, 0.4) is 0 Å². The minimum Gasteiger partial charge on any atom is -0.365 e. The molecule has 1 saturated heterocycles. The van der Waals surface area contributed by atoms with Gasteiger partial charge in [0.1, 0.15) is 11.8 Å². The summed E-state index contributed by atoms with van der Waals surface area (Å²) in [5, 5.41) is 6.25. The Bertz CT molecular complexity index is 768. The van der Waals surface area contributed by atoms with Gasteiger partial charge in [-0.15, -0.1) is 0 Å². The Morgan fingerprint density at radius 2 is 2.12 bits per heavy atom. The van der Waals surface area contributed by atoms with Gasteiger partial charge in [-0.05, 0) is 19.9 Å². The standard InChI is InChI=1S/C18H26N6OS/c1-13-11-15-16(23-13)17(22-12-21-15)19-5-3-4-6-20-18(25)14(2)24-7-9-26-10-8-24/h3-4,11-12,14,23H,5-10H2,1-2H3,(H,20,25)(H,19,21,22)/b4-3+. The summed E-state index contributed by atoms with van der Waals surface area (Å²) < 4.78 is 0. The minimum absolute atomic E-state index is 0.0622. The van der Waals surface area contributed by atoms with E-state index in [1.807, 2.05) is 43.8 Å². The molecule has 0 radical (unpaired) electrons. The third kappa shape index (κ3) is 4.76. The van der Waals surface area contributed by atoms with Gasteiger partial charge in [0.05, 0.1) is 11.6 Å². The number of fused-ring (bicyclic) bond motifs is 1. The number of aromatic nitrogens is 3. The van der Waals surface area contributed by atoms with Gasteiger partial charge >= 0.3 is 0 Å². The number of carbonyl (C=O) groups is 1. The molecule has 1 aliphatic rings. The van der Waals surface area contributed by atoms with Crippen molar-refractivity contribution in [3.8, 4) is 0 Å². The van der Waals surface area contributed by atoms with Crippen molar-refractivity contribution >= 4 is 34.5 Å². The Balaban J connectivity index is 1.41. The fourth-order valence-corrected chi connectivity index (χ4v) is 3.90. The van der Waals surface area contributed by atoms with Gasteiger partial charge in [-0.2, -0.15) is 11.8 Å². The first-order valence-electron chi connectivity index (χ1n) is 8.94. The molecular formula is C18H26N6OS. The van der Waals surface area contributed by atoms with Crippen molar-refractivity contribution in [2.24, 2.45) is 0 Å². The Hall–Kier alpha value is -2.06. The fraction of sp³-hybridized carbons (Fsp3) is 0.500. The summed E-state index contributed by atoms with van der Waals surface area (Å²) in [7, 11) is 0. The minimum atomic E-state index is -0.0622. The van der Waals surface area contributed by atoms with Crippen LogP contribution in [0, 0.1) is 6.92 Å². The van der Waals surface area contributed by atoms with Gasteiger partial charge in [-0.3, -0.25) is 9.69 Å². The average molecular weight is 375 g/mol. The Kier molecular flexibility index (Phi) is 6.51. The van der Waals surface area contributed by atoms with Crippen LogP contribution in [0.4, 0.5) is 5.82 Å². The molecular weight excluding hydrogens is 348 g/mol. The van der Waals surface area contributed by atoms with E-state index >= 15 is 0 Å². The predicted octanol–water partition coefficient (Wildman–Crippen LogP) is 1.79. The number of carbonyl (C=O) groups excluding carboxylic acids is 1. The summed E-state index contributed by atoms with van der Waals surface area (Å²) in [5.74, 6) is 3.10. The van der Waals surface area contributed by atoms with E-state index in [1.165, 1.54) is 0 Å². The highest BCUT2D eigenvalue weighted by molar-refractivity contribution is 7.99. The van der Waals surface area contributed by atoms with Gasteiger partial charge in [0.15, 0.2) is 5.82 Å². The molecule has 0 spiro atoms. The topological polar surface area (TPSA) is 85.9 Å². The van der Waals surface area contributed by atoms with Gasteiger partial charge < -0.3 is 15.6 Å². The molecule has 1 aliphatic heterocycles.